The second kappa shape index (κ2) is 5.09. The van der Waals surface area contributed by atoms with E-state index < -0.39 is 0 Å². The first kappa shape index (κ1) is 12.9. The van der Waals surface area contributed by atoms with E-state index in [9.17, 15) is 0 Å². The largest absolute Gasteiger partial charge is 0.236 e. The lowest BCUT2D eigenvalue weighted by molar-refractivity contribution is 0.404. The van der Waals surface area contributed by atoms with Crippen LogP contribution in [0.4, 0.5) is 0 Å². The van der Waals surface area contributed by atoms with E-state index in [0.29, 0.717) is 11.1 Å². The summed E-state index contributed by atoms with van der Waals surface area (Å²) >= 11 is 9.75. The minimum Gasteiger partial charge on any atom is -0.236 e. The molecule has 0 N–H and O–H groups in total. The fourth-order valence-electron chi connectivity index (χ4n) is 3.61. The Morgan fingerprint density at radius 2 is 2.11 bits per heavy atom. The van der Waals surface area contributed by atoms with Crippen molar-refractivity contribution in [1.29, 1.82) is 0 Å². The third kappa shape index (κ3) is 2.20. The van der Waals surface area contributed by atoms with Gasteiger partial charge in [-0.1, -0.05) is 31.4 Å². The summed E-state index contributed by atoms with van der Waals surface area (Å²) in [4.78, 5) is 9.31. The first-order chi connectivity index (χ1) is 8.69. The standard InChI is InChI=1S/C14H18BrClN2/c1-2-3-11-12(15)13(16)18-14(17-11)10-7-8-4-5-9(10)6-8/h8-10H,2-7H2,1H3. The van der Waals surface area contributed by atoms with Crippen molar-refractivity contribution in [2.24, 2.45) is 11.8 Å². The van der Waals surface area contributed by atoms with E-state index in [1.165, 1.54) is 25.7 Å². The van der Waals surface area contributed by atoms with Gasteiger partial charge in [0.15, 0.2) is 0 Å². The molecular formula is C14H18BrClN2. The second-order valence-electron chi connectivity index (χ2n) is 5.66. The molecule has 0 aromatic carbocycles. The van der Waals surface area contributed by atoms with Gasteiger partial charge in [0.1, 0.15) is 11.0 Å². The van der Waals surface area contributed by atoms with E-state index in [1.54, 1.807) is 0 Å². The van der Waals surface area contributed by atoms with Crippen LogP contribution in [0.1, 0.15) is 56.5 Å². The van der Waals surface area contributed by atoms with Gasteiger partial charge >= 0.3 is 0 Å². The Balaban J connectivity index is 1.92. The highest BCUT2D eigenvalue weighted by Crippen LogP contribution is 2.52. The molecule has 3 rings (SSSR count). The molecule has 1 aromatic heterocycles. The molecule has 1 aromatic rings. The highest BCUT2D eigenvalue weighted by molar-refractivity contribution is 9.10. The van der Waals surface area contributed by atoms with Gasteiger partial charge in [-0.3, -0.25) is 0 Å². The summed E-state index contributed by atoms with van der Waals surface area (Å²) in [7, 11) is 0. The van der Waals surface area contributed by atoms with Gasteiger partial charge in [0, 0.05) is 5.92 Å². The molecule has 2 saturated carbocycles. The van der Waals surface area contributed by atoms with E-state index in [1.807, 2.05) is 0 Å². The SMILES string of the molecule is CCCc1nc(C2CC3CCC2C3)nc(Cl)c1Br. The molecule has 2 aliphatic carbocycles. The molecule has 2 aliphatic rings. The van der Waals surface area contributed by atoms with Crippen LogP contribution >= 0.6 is 27.5 Å². The van der Waals surface area contributed by atoms with Crippen molar-refractivity contribution >= 4 is 27.5 Å². The molecular weight excluding hydrogens is 312 g/mol. The van der Waals surface area contributed by atoms with Crippen molar-refractivity contribution in [2.75, 3.05) is 0 Å². The van der Waals surface area contributed by atoms with Gasteiger partial charge in [-0.15, -0.1) is 0 Å². The number of aryl methyl sites for hydroxylation is 1. The summed E-state index contributed by atoms with van der Waals surface area (Å²) in [5.74, 6) is 3.28. The molecule has 98 valence electrons. The van der Waals surface area contributed by atoms with Crippen LogP contribution in [0.15, 0.2) is 4.47 Å². The van der Waals surface area contributed by atoms with Crippen molar-refractivity contribution < 1.29 is 0 Å². The first-order valence-corrected chi connectivity index (χ1v) is 8.08. The molecule has 18 heavy (non-hydrogen) atoms. The summed E-state index contributed by atoms with van der Waals surface area (Å²) < 4.78 is 0.887. The summed E-state index contributed by atoms with van der Waals surface area (Å²) in [6.45, 7) is 2.17. The molecule has 0 aliphatic heterocycles. The highest BCUT2D eigenvalue weighted by Gasteiger charge is 2.41. The fraction of sp³-hybridized carbons (Fsp3) is 0.714. The minimum atomic E-state index is 0.560. The predicted octanol–water partition coefficient (Wildman–Crippen LogP) is 4.75. The van der Waals surface area contributed by atoms with Crippen LogP contribution < -0.4 is 0 Å². The molecule has 2 nitrogen and oxygen atoms in total. The molecule has 0 spiro atoms. The van der Waals surface area contributed by atoms with E-state index in [4.69, 9.17) is 16.6 Å². The summed E-state index contributed by atoms with van der Waals surface area (Å²) in [5, 5.41) is 0.589. The average Bonchev–Trinajstić information content (AvgIpc) is 2.97. The molecule has 2 bridgehead atoms. The average molecular weight is 330 g/mol. The van der Waals surface area contributed by atoms with Crippen LogP contribution in [0.2, 0.25) is 5.15 Å². The maximum absolute atomic E-state index is 6.24. The Morgan fingerprint density at radius 1 is 1.28 bits per heavy atom. The van der Waals surface area contributed by atoms with Crippen LogP contribution in [0.3, 0.4) is 0 Å². The van der Waals surface area contributed by atoms with Crippen molar-refractivity contribution in [3.63, 3.8) is 0 Å². The van der Waals surface area contributed by atoms with Crippen LogP contribution in [0.25, 0.3) is 0 Å². The zero-order valence-corrected chi connectivity index (χ0v) is 13.0. The first-order valence-electron chi connectivity index (χ1n) is 6.90. The number of aromatic nitrogens is 2. The fourth-order valence-corrected chi connectivity index (χ4v) is 4.18. The predicted molar refractivity (Wildman–Crippen MR) is 76.9 cm³/mol. The molecule has 3 unspecified atom stereocenters. The van der Waals surface area contributed by atoms with Gasteiger partial charge < -0.3 is 0 Å². The maximum Gasteiger partial charge on any atom is 0.147 e. The van der Waals surface area contributed by atoms with Crippen molar-refractivity contribution in [1.82, 2.24) is 9.97 Å². The monoisotopic (exact) mass is 328 g/mol. The molecule has 0 radical (unpaired) electrons. The Morgan fingerprint density at radius 3 is 2.72 bits per heavy atom. The smallest absolute Gasteiger partial charge is 0.147 e. The number of hydrogen-bond donors (Lipinski definition) is 0. The van der Waals surface area contributed by atoms with E-state index >= 15 is 0 Å². The molecule has 0 saturated heterocycles. The van der Waals surface area contributed by atoms with Gasteiger partial charge in [0.25, 0.3) is 0 Å². The third-order valence-corrected chi connectivity index (χ3v) is 5.79. The lowest BCUT2D eigenvalue weighted by Crippen LogP contribution is -2.13. The van der Waals surface area contributed by atoms with Crippen LogP contribution in [0, 0.1) is 11.8 Å². The Bertz CT molecular complexity index is 463. The molecule has 3 atom stereocenters. The van der Waals surface area contributed by atoms with Gasteiger partial charge in [0.05, 0.1) is 10.2 Å². The number of halogens is 2. The van der Waals surface area contributed by atoms with Gasteiger partial charge in [-0.05, 0) is 53.4 Å². The molecule has 1 heterocycles. The summed E-state index contributed by atoms with van der Waals surface area (Å²) in [6, 6.07) is 0. The number of fused-ring (bicyclic) bond motifs is 2. The lowest BCUT2D eigenvalue weighted by atomic mass is 9.88. The molecule has 2 fully saturated rings. The van der Waals surface area contributed by atoms with Crippen molar-refractivity contribution in [3.8, 4) is 0 Å². The van der Waals surface area contributed by atoms with E-state index in [-0.39, 0.29) is 0 Å². The zero-order valence-electron chi connectivity index (χ0n) is 10.6. The topological polar surface area (TPSA) is 25.8 Å². The number of nitrogens with zero attached hydrogens (tertiary/aromatic N) is 2. The van der Waals surface area contributed by atoms with Crippen molar-refractivity contribution in [2.45, 2.75) is 51.4 Å². The Kier molecular flexibility index (Phi) is 3.63. The number of rotatable bonds is 3. The zero-order chi connectivity index (χ0) is 12.7. The van der Waals surface area contributed by atoms with Crippen LogP contribution in [-0.4, -0.2) is 9.97 Å². The summed E-state index contributed by atoms with van der Waals surface area (Å²) in [6.07, 6.45) is 7.47. The Hall–Kier alpha value is -0.150. The molecule has 0 amide bonds. The van der Waals surface area contributed by atoms with E-state index in [2.05, 4.69) is 27.8 Å². The van der Waals surface area contributed by atoms with Crippen LogP contribution in [-0.2, 0) is 6.42 Å². The van der Waals surface area contributed by atoms with Gasteiger partial charge in [-0.2, -0.15) is 0 Å². The van der Waals surface area contributed by atoms with Crippen LogP contribution in [0.5, 0.6) is 0 Å². The maximum atomic E-state index is 6.24. The van der Waals surface area contributed by atoms with E-state index in [0.717, 1.165) is 40.7 Å². The third-order valence-electron chi connectivity index (χ3n) is 4.45. The van der Waals surface area contributed by atoms with Gasteiger partial charge in [-0.25, -0.2) is 9.97 Å². The van der Waals surface area contributed by atoms with Gasteiger partial charge in [0.2, 0.25) is 0 Å². The number of hydrogen-bond acceptors (Lipinski definition) is 2. The quantitative estimate of drug-likeness (QED) is 0.748. The lowest BCUT2D eigenvalue weighted by Gasteiger charge is -2.21. The normalized spacial score (nSPS) is 30.1. The highest BCUT2D eigenvalue weighted by atomic mass is 79.9. The summed E-state index contributed by atoms with van der Waals surface area (Å²) in [5.41, 5.74) is 1.08. The Labute approximate surface area is 122 Å². The van der Waals surface area contributed by atoms with Crippen molar-refractivity contribution in [3.05, 3.63) is 21.1 Å². The second-order valence-corrected chi connectivity index (χ2v) is 6.82. The minimum absolute atomic E-state index is 0.560. The molecule has 4 heteroatoms.